The number of carbonyl (C=O) groups excluding carboxylic acids is 1. The Morgan fingerprint density at radius 3 is 2.13 bits per heavy atom. The van der Waals surface area contributed by atoms with Gasteiger partial charge in [0.15, 0.2) is 0 Å². The number of sulfonamides is 1. The quantitative estimate of drug-likeness (QED) is 0.790. The van der Waals surface area contributed by atoms with Gasteiger partial charge in [0.05, 0.1) is 10.3 Å². The number of hydrogen-bond acceptors (Lipinski definition) is 3. The van der Waals surface area contributed by atoms with Crippen molar-refractivity contribution >= 4 is 15.9 Å². The van der Waals surface area contributed by atoms with Crippen LogP contribution >= 0.6 is 0 Å². The third-order valence-corrected chi connectivity index (χ3v) is 9.89. The van der Waals surface area contributed by atoms with Crippen LogP contribution in [0, 0.1) is 37.0 Å². The van der Waals surface area contributed by atoms with Gasteiger partial charge in [-0.1, -0.05) is 12.1 Å². The van der Waals surface area contributed by atoms with Crippen molar-refractivity contribution in [3.8, 4) is 0 Å². The van der Waals surface area contributed by atoms with Crippen LogP contribution in [0.2, 0.25) is 0 Å². The summed E-state index contributed by atoms with van der Waals surface area (Å²) in [5.41, 5.74) is 1.61. The van der Waals surface area contributed by atoms with Crippen LogP contribution in [0.15, 0.2) is 23.1 Å². The Morgan fingerprint density at radius 2 is 1.57 bits per heavy atom. The minimum absolute atomic E-state index is 0.0975. The summed E-state index contributed by atoms with van der Waals surface area (Å²) in [7, 11) is -3.54. The number of nitrogens with zero attached hydrogens (tertiary/aromatic N) is 1. The van der Waals surface area contributed by atoms with E-state index in [1.54, 1.807) is 6.07 Å². The molecule has 5 nitrogen and oxygen atoms in total. The lowest BCUT2D eigenvalue weighted by Gasteiger charge is -2.57. The van der Waals surface area contributed by atoms with Crippen LogP contribution in [0.5, 0.6) is 0 Å². The molecule has 1 heterocycles. The van der Waals surface area contributed by atoms with Gasteiger partial charge < -0.3 is 4.90 Å². The molecule has 1 aromatic rings. The van der Waals surface area contributed by atoms with Crippen molar-refractivity contribution < 1.29 is 13.2 Å². The molecule has 5 fully saturated rings. The van der Waals surface area contributed by atoms with Crippen molar-refractivity contribution in [2.75, 3.05) is 13.1 Å². The average molecular weight is 431 g/mol. The molecular weight excluding hydrogens is 396 g/mol. The molecule has 1 aliphatic heterocycles. The molecule has 6 rings (SSSR count). The summed E-state index contributed by atoms with van der Waals surface area (Å²) >= 11 is 0. The van der Waals surface area contributed by atoms with E-state index in [0.717, 1.165) is 48.1 Å². The fraction of sp³-hybridized carbons (Fsp3) is 0.708. The van der Waals surface area contributed by atoms with Crippen molar-refractivity contribution in [3.63, 3.8) is 0 Å². The van der Waals surface area contributed by atoms with Gasteiger partial charge in [-0.25, -0.2) is 13.1 Å². The Kier molecular flexibility index (Phi) is 5.01. The van der Waals surface area contributed by atoms with Crippen LogP contribution < -0.4 is 4.72 Å². The summed E-state index contributed by atoms with van der Waals surface area (Å²) in [5.74, 6) is 2.67. The molecule has 1 aromatic carbocycles. The van der Waals surface area contributed by atoms with Gasteiger partial charge in [0.1, 0.15) is 0 Å². The number of piperidine rings is 1. The molecular formula is C24H34N2O3S. The number of amides is 1. The van der Waals surface area contributed by atoms with E-state index in [4.69, 9.17) is 0 Å². The molecule has 6 heteroatoms. The van der Waals surface area contributed by atoms with Gasteiger partial charge in [0, 0.05) is 19.1 Å². The van der Waals surface area contributed by atoms with Gasteiger partial charge in [-0.2, -0.15) is 0 Å². The highest BCUT2D eigenvalue weighted by Crippen LogP contribution is 2.60. The van der Waals surface area contributed by atoms with Gasteiger partial charge in [0.25, 0.3) is 0 Å². The number of carbonyl (C=O) groups is 1. The zero-order valence-electron chi connectivity index (χ0n) is 18.2. The minimum Gasteiger partial charge on any atom is -0.342 e. The van der Waals surface area contributed by atoms with E-state index in [9.17, 15) is 13.2 Å². The van der Waals surface area contributed by atoms with Crippen LogP contribution in [0.4, 0.5) is 0 Å². The molecule has 4 aliphatic carbocycles. The number of hydrogen-bond donors (Lipinski definition) is 1. The molecule has 0 spiro atoms. The highest BCUT2D eigenvalue weighted by atomic mass is 32.2. The topological polar surface area (TPSA) is 66.5 Å². The van der Waals surface area contributed by atoms with E-state index >= 15 is 0 Å². The molecule has 0 unspecified atom stereocenters. The van der Waals surface area contributed by atoms with Crippen LogP contribution in [-0.2, 0) is 14.8 Å². The lowest BCUT2D eigenvalue weighted by molar-refractivity contribution is -0.158. The standard InChI is InChI=1S/C24H34N2O3S/c1-16-3-4-17(2)22(9-16)30(28,29)25-21-5-7-26(8-6-21)23(27)24-13-18-10-19(14-24)12-20(11-18)15-24/h3-4,9,18-21,25H,5-8,10-15H2,1-2H3. The lowest BCUT2D eigenvalue weighted by atomic mass is 9.49. The average Bonchev–Trinajstić information content (AvgIpc) is 2.68. The smallest absolute Gasteiger partial charge is 0.241 e. The maximum absolute atomic E-state index is 13.5. The Hall–Kier alpha value is -1.40. The van der Waals surface area contributed by atoms with Gasteiger partial charge in [-0.05, 0) is 100 Å². The molecule has 4 bridgehead atoms. The second kappa shape index (κ2) is 7.33. The molecule has 5 aliphatic rings. The number of aryl methyl sites for hydroxylation is 2. The first-order valence-electron chi connectivity index (χ1n) is 11.6. The monoisotopic (exact) mass is 430 g/mol. The number of nitrogens with one attached hydrogen (secondary N) is 1. The molecule has 1 saturated heterocycles. The van der Waals surface area contributed by atoms with Gasteiger partial charge in [-0.3, -0.25) is 4.79 Å². The van der Waals surface area contributed by atoms with E-state index in [1.807, 2.05) is 26.0 Å². The van der Waals surface area contributed by atoms with Crippen molar-refractivity contribution in [2.45, 2.75) is 76.2 Å². The molecule has 4 saturated carbocycles. The zero-order valence-corrected chi connectivity index (χ0v) is 19.0. The summed E-state index contributed by atoms with van der Waals surface area (Å²) in [6.45, 7) is 5.08. The SMILES string of the molecule is Cc1ccc(C)c(S(=O)(=O)NC2CCN(C(=O)C34CC5CC(CC(C5)C3)C4)CC2)c1. The number of rotatable bonds is 4. The largest absolute Gasteiger partial charge is 0.342 e. The van der Waals surface area contributed by atoms with Crippen molar-refractivity contribution in [2.24, 2.45) is 23.2 Å². The first kappa shape index (κ1) is 20.5. The van der Waals surface area contributed by atoms with Gasteiger partial charge in [0.2, 0.25) is 15.9 Å². The van der Waals surface area contributed by atoms with Crippen molar-refractivity contribution in [1.82, 2.24) is 9.62 Å². The van der Waals surface area contributed by atoms with Crippen molar-refractivity contribution in [1.29, 1.82) is 0 Å². The van der Waals surface area contributed by atoms with Crippen molar-refractivity contribution in [3.05, 3.63) is 29.3 Å². The van der Waals surface area contributed by atoms with E-state index in [1.165, 1.54) is 19.3 Å². The summed E-state index contributed by atoms with van der Waals surface area (Å²) in [6.07, 6.45) is 8.70. The number of benzene rings is 1. The van der Waals surface area contributed by atoms with Crippen LogP contribution in [0.3, 0.4) is 0 Å². The second-order valence-corrected chi connectivity index (χ2v) is 12.3. The fourth-order valence-corrected chi connectivity index (χ4v) is 8.82. The lowest BCUT2D eigenvalue weighted by Crippen LogP contribution is -2.56. The third-order valence-electron chi connectivity index (χ3n) is 8.23. The van der Waals surface area contributed by atoms with E-state index in [0.29, 0.717) is 36.7 Å². The first-order valence-corrected chi connectivity index (χ1v) is 13.1. The summed E-state index contributed by atoms with van der Waals surface area (Å²) < 4.78 is 28.8. The predicted octanol–water partition coefficient (Wildman–Crippen LogP) is 3.79. The number of likely N-dealkylation sites (tertiary alicyclic amines) is 1. The van der Waals surface area contributed by atoms with E-state index in [2.05, 4.69) is 9.62 Å². The summed E-state index contributed by atoms with van der Waals surface area (Å²) in [4.78, 5) is 16.0. The molecule has 164 valence electrons. The van der Waals surface area contributed by atoms with Crippen LogP contribution in [0.1, 0.15) is 62.5 Å². The normalized spacial score (nSPS) is 33.8. The second-order valence-electron chi connectivity index (χ2n) is 10.7. The fourth-order valence-electron chi connectivity index (χ4n) is 7.19. The highest BCUT2D eigenvalue weighted by Gasteiger charge is 2.55. The molecule has 1 N–H and O–H groups in total. The first-order chi connectivity index (χ1) is 14.2. The summed E-state index contributed by atoms with van der Waals surface area (Å²) in [6, 6.07) is 5.43. The van der Waals surface area contributed by atoms with E-state index < -0.39 is 10.0 Å². The Labute approximate surface area is 180 Å². The predicted molar refractivity (Wildman–Crippen MR) is 116 cm³/mol. The third kappa shape index (κ3) is 3.60. The van der Waals surface area contributed by atoms with Crippen LogP contribution in [0.25, 0.3) is 0 Å². The Balaban J connectivity index is 1.23. The maximum atomic E-state index is 13.5. The zero-order chi connectivity index (χ0) is 21.1. The van der Waals surface area contributed by atoms with Crippen LogP contribution in [-0.4, -0.2) is 38.4 Å². The maximum Gasteiger partial charge on any atom is 0.241 e. The Bertz CT molecular complexity index is 912. The molecule has 0 aromatic heterocycles. The van der Waals surface area contributed by atoms with E-state index in [-0.39, 0.29) is 11.5 Å². The van der Waals surface area contributed by atoms with Gasteiger partial charge in [-0.15, -0.1) is 0 Å². The molecule has 0 radical (unpaired) electrons. The minimum atomic E-state index is -3.54. The summed E-state index contributed by atoms with van der Waals surface area (Å²) in [5, 5.41) is 0. The Morgan fingerprint density at radius 1 is 1.00 bits per heavy atom. The van der Waals surface area contributed by atoms with Gasteiger partial charge >= 0.3 is 0 Å². The molecule has 1 amide bonds. The molecule has 30 heavy (non-hydrogen) atoms. The molecule has 0 atom stereocenters. The highest BCUT2D eigenvalue weighted by molar-refractivity contribution is 7.89.